The maximum absolute atomic E-state index is 12.3. The summed E-state index contributed by atoms with van der Waals surface area (Å²) in [7, 11) is 0. The number of hydrogen-bond donors (Lipinski definition) is 1. The molecule has 0 bridgehead atoms. The van der Waals surface area contributed by atoms with Gasteiger partial charge in [-0.25, -0.2) is 0 Å². The van der Waals surface area contributed by atoms with E-state index in [2.05, 4.69) is 15.5 Å². The second-order valence-corrected chi connectivity index (χ2v) is 8.37. The normalized spacial score (nSPS) is 17.9. The Morgan fingerprint density at radius 1 is 1.39 bits per heavy atom. The Bertz CT molecular complexity index is 493. The summed E-state index contributed by atoms with van der Waals surface area (Å²) in [6.07, 6.45) is 2.51. The van der Waals surface area contributed by atoms with Gasteiger partial charge >= 0.3 is 0 Å². The number of nitrogens with zero attached hydrogens (tertiary/aromatic N) is 3. The molecule has 2 heterocycles. The molecule has 8 heteroatoms. The summed E-state index contributed by atoms with van der Waals surface area (Å²) in [5.74, 6) is 0.542. The first-order chi connectivity index (χ1) is 11.0. The summed E-state index contributed by atoms with van der Waals surface area (Å²) >= 11 is 2.94. The molecule has 0 aromatic carbocycles. The van der Waals surface area contributed by atoms with E-state index in [1.165, 1.54) is 23.1 Å². The SMILES string of the molecule is CC(C)N(C(=O)CSc1nnc(NCC2CCCO2)s1)C(C)C. The standard InChI is InChI=1S/C15H26N4O2S2/c1-10(2)19(11(3)4)13(20)9-22-15-18-17-14(23-15)16-8-12-6-5-7-21-12/h10-12H,5-9H2,1-4H3,(H,16,17). The molecular formula is C15H26N4O2S2. The number of thioether (sulfide) groups is 1. The number of nitrogens with one attached hydrogen (secondary N) is 1. The van der Waals surface area contributed by atoms with Crippen molar-refractivity contribution in [3.63, 3.8) is 0 Å². The van der Waals surface area contributed by atoms with Gasteiger partial charge in [-0.2, -0.15) is 0 Å². The van der Waals surface area contributed by atoms with E-state index in [0.717, 1.165) is 35.5 Å². The van der Waals surface area contributed by atoms with Gasteiger partial charge in [-0.05, 0) is 40.5 Å². The van der Waals surface area contributed by atoms with Gasteiger partial charge < -0.3 is 15.0 Å². The molecule has 1 amide bonds. The number of ether oxygens (including phenoxy) is 1. The molecular weight excluding hydrogens is 332 g/mol. The second kappa shape index (κ2) is 8.84. The third kappa shape index (κ3) is 5.61. The topological polar surface area (TPSA) is 67.4 Å². The van der Waals surface area contributed by atoms with Crippen LogP contribution in [0.1, 0.15) is 40.5 Å². The first kappa shape index (κ1) is 18.5. The zero-order valence-corrected chi connectivity index (χ0v) is 15.9. The van der Waals surface area contributed by atoms with Gasteiger partial charge in [0.15, 0.2) is 4.34 Å². The van der Waals surface area contributed by atoms with Gasteiger partial charge in [-0.3, -0.25) is 4.79 Å². The van der Waals surface area contributed by atoms with Crippen LogP contribution in [0.5, 0.6) is 0 Å². The first-order valence-corrected chi connectivity index (χ1v) is 9.90. The number of carbonyl (C=O) groups excluding carboxylic acids is 1. The number of amides is 1. The Balaban J connectivity index is 1.78. The van der Waals surface area contributed by atoms with Crippen molar-refractivity contribution >= 4 is 34.1 Å². The molecule has 23 heavy (non-hydrogen) atoms. The van der Waals surface area contributed by atoms with E-state index < -0.39 is 0 Å². The van der Waals surface area contributed by atoms with Crippen LogP contribution in [0.15, 0.2) is 4.34 Å². The van der Waals surface area contributed by atoms with Crippen LogP contribution >= 0.6 is 23.1 Å². The van der Waals surface area contributed by atoms with Crippen molar-refractivity contribution in [1.82, 2.24) is 15.1 Å². The Hall–Kier alpha value is -0.860. The van der Waals surface area contributed by atoms with Crippen LogP contribution < -0.4 is 5.32 Å². The molecule has 1 aromatic rings. The van der Waals surface area contributed by atoms with Crippen molar-refractivity contribution in [3.05, 3.63) is 0 Å². The number of aromatic nitrogens is 2. The van der Waals surface area contributed by atoms with Gasteiger partial charge in [-0.15, -0.1) is 10.2 Å². The summed E-state index contributed by atoms with van der Waals surface area (Å²) in [5, 5.41) is 12.3. The fourth-order valence-corrected chi connectivity index (χ4v) is 4.34. The van der Waals surface area contributed by atoms with Crippen LogP contribution in [0.4, 0.5) is 5.13 Å². The predicted octanol–water partition coefficient (Wildman–Crippen LogP) is 2.87. The highest BCUT2D eigenvalue weighted by atomic mass is 32.2. The van der Waals surface area contributed by atoms with Crippen LogP contribution in [-0.2, 0) is 9.53 Å². The summed E-state index contributed by atoms with van der Waals surface area (Å²) < 4.78 is 6.39. The summed E-state index contributed by atoms with van der Waals surface area (Å²) in [6.45, 7) is 9.79. The minimum Gasteiger partial charge on any atom is -0.376 e. The number of carbonyl (C=O) groups is 1. The van der Waals surface area contributed by atoms with E-state index in [4.69, 9.17) is 4.74 Å². The molecule has 1 aromatic heterocycles. The molecule has 1 atom stereocenters. The maximum atomic E-state index is 12.3. The zero-order valence-electron chi connectivity index (χ0n) is 14.2. The molecule has 0 radical (unpaired) electrons. The van der Waals surface area contributed by atoms with E-state index in [-0.39, 0.29) is 24.1 Å². The summed E-state index contributed by atoms with van der Waals surface area (Å²) in [4.78, 5) is 14.2. The Kier molecular flexibility index (Phi) is 7.10. The lowest BCUT2D eigenvalue weighted by atomic mass is 10.2. The zero-order chi connectivity index (χ0) is 16.8. The molecule has 1 N–H and O–H groups in total. The van der Waals surface area contributed by atoms with Gasteiger partial charge in [0, 0.05) is 25.2 Å². The Morgan fingerprint density at radius 3 is 2.74 bits per heavy atom. The van der Waals surface area contributed by atoms with Gasteiger partial charge in [0.2, 0.25) is 11.0 Å². The molecule has 0 aliphatic carbocycles. The summed E-state index contributed by atoms with van der Waals surface area (Å²) in [5.41, 5.74) is 0. The van der Waals surface area contributed by atoms with Crippen molar-refractivity contribution in [3.8, 4) is 0 Å². The van der Waals surface area contributed by atoms with Gasteiger partial charge in [0.1, 0.15) is 0 Å². The van der Waals surface area contributed by atoms with E-state index in [1.807, 2.05) is 32.6 Å². The highest BCUT2D eigenvalue weighted by Crippen LogP contribution is 2.26. The largest absolute Gasteiger partial charge is 0.376 e. The van der Waals surface area contributed by atoms with Crippen molar-refractivity contribution in [2.45, 2.75) is 63.1 Å². The third-order valence-electron chi connectivity index (χ3n) is 3.63. The number of anilines is 1. The molecule has 1 unspecified atom stereocenters. The number of rotatable bonds is 8. The van der Waals surface area contributed by atoms with E-state index in [9.17, 15) is 4.79 Å². The molecule has 0 saturated carbocycles. The molecule has 0 spiro atoms. The Morgan fingerprint density at radius 2 is 2.13 bits per heavy atom. The van der Waals surface area contributed by atoms with Crippen LogP contribution in [0.3, 0.4) is 0 Å². The third-order valence-corrected chi connectivity index (χ3v) is 5.63. The lowest BCUT2D eigenvalue weighted by Gasteiger charge is -2.30. The van der Waals surface area contributed by atoms with Crippen molar-refractivity contribution < 1.29 is 9.53 Å². The molecule has 130 valence electrons. The van der Waals surface area contributed by atoms with Crippen LogP contribution in [0, 0.1) is 0 Å². The molecule has 1 saturated heterocycles. The number of hydrogen-bond acceptors (Lipinski definition) is 7. The minimum absolute atomic E-state index is 0.143. The summed E-state index contributed by atoms with van der Waals surface area (Å²) in [6, 6.07) is 0.419. The van der Waals surface area contributed by atoms with Crippen LogP contribution in [0.25, 0.3) is 0 Å². The first-order valence-electron chi connectivity index (χ1n) is 8.10. The fourth-order valence-electron chi connectivity index (χ4n) is 2.72. The van der Waals surface area contributed by atoms with Gasteiger partial charge in [0.05, 0.1) is 11.9 Å². The smallest absolute Gasteiger partial charge is 0.233 e. The Labute approximate surface area is 146 Å². The predicted molar refractivity (Wildman–Crippen MR) is 95.2 cm³/mol. The maximum Gasteiger partial charge on any atom is 0.233 e. The second-order valence-electron chi connectivity index (χ2n) is 6.17. The highest BCUT2D eigenvalue weighted by molar-refractivity contribution is 8.01. The van der Waals surface area contributed by atoms with Crippen LogP contribution in [-0.4, -0.2) is 58.1 Å². The van der Waals surface area contributed by atoms with Gasteiger partial charge in [0.25, 0.3) is 0 Å². The molecule has 2 rings (SSSR count). The lowest BCUT2D eigenvalue weighted by molar-refractivity contribution is -0.131. The van der Waals surface area contributed by atoms with E-state index in [1.54, 1.807) is 0 Å². The van der Waals surface area contributed by atoms with Gasteiger partial charge in [-0.1, -0.05) is 23.1 Å². The van der Waals surface area contributed by atoms with Crippen molar-refractivity contribution in [2.75, 3.05) is 24.2 Å². The molecule has 6 nitrogen and oxygen atoms in total. The molecule has 1 fully saturated rings. The average molecular weight is 359 g/mol. The van der Waals surface area contributed by atoms with Crippen molar-refractivity contribution in [2.24, 2.45) is 0 Å². The fraction of sp³-hybridized carbons (Fsp3) is 0.800. The highest BCUT2D eigenvalue weighted by Gasteiger charge is 2.21. The van der Waals surface area contributed by atoms with Crippen LogP contribution in [0.2, 0.25) is 0 Å². The monoisotopic (exact) mass is 358 g/mol. The van der Waals surface area contributed by atoms with E-state index in [0.29, 0.717) is 5.75 Å². The molecule has 1 aliphatic heterocycles. The average Bonchev–Trinajstić information content (AvgIpc) is 3.13. The van der Waals surface area contributed by atoms with Crippen molar-refractivity contribution in [1.29, 1.82) is 0 Å². The quantitative estimate of drug-likeness (QED) is 0.721. The van der Waals surface area contributed by atoms with E-state index >= 15 is 0 Å². The molecule has 1 aliphatic rings. The minimum atomic E-state index is 0.143. The lowest BCUT2D eigenvalue weighted by Crippen LogP contribution is -2.43.